The minimum atomic E-state index is -3.70. The maximum Gasteiger partial charge on any atom is 0.308 e. The molecule has 0 saturated heterocycles. The van der Waals surface area contributed by atoms with Gasteiger partial charge in [0, 0.05) is 20.3 Å². The van der Waals surface area contributed by atoms with Gasteiger partial charge in [0.05, 0.1) is 5.69 Å². The molecule has 0 atom stereocenters. The summed E-state index contributed by atoms with van der Waals surface area (Å²) in [6, 6.07) is 0. The molecule has 0 amide bonds. The van der Waals surface area contributed by atoms with Crippen molar-refractivity contribution >= 4 is 16.5 Å². The van der Waals surface area contributed by atoms with Gasteiger partial charge in [-0.1, -0.05) is 20.8 Å². The highest BCUT2D eigenvalue weighted by atomic mass is 32.2. The van der Waals surface area contributed by atoms with Crippen LogP contribution in [0.2, 0.25) is 0 Å². The highest BCUT2D eigenvalue weighted by Gasteiger charge is 2.23. The predicted molar refractivity (Wildman–Crippen MR) is 68.8 cm³/mol. The summed E-state index contributed by atoms with van der Waals surface area (Å²) in [7, 11) is -0.878. The van der Waals surface area contributed by atoms with Gasteiger partial charge in [0.25, 0.3) is 0 Å². The van der Waals surface area contributed by atoms with Crippen molar-refractivity contribution in [2.45, 2.75) is 27.2 Å². The minimum absolute atomic E-state index is 0.0266. The lowest BCUT2D eigenvalue weighted by atomic mass is 9.91. The van der Waals surface area contributed by atoms with E-state index in [1.54, 1.807) is 0 Å². The van der Waals surface area contributed by atoms with Crippen LogP contribution in [0.5, 0.6) is 0 Å². The van der Waals surface area contributed by atoms with Gasteiger partial charge in [0.15, 0.2) is 12.1 Å². The second-order valence-electron chi connectivity index (χ2n) is 5.53. The molecule has 1 rings (SSSR count). The summed E-state index contributed by atoms with van der Waals surface area (Å²) in [5.41, 5.74) is 0.566. The topological polar surface area (TPSA) is 72.3 Å². The number of carbonyl (C=O) groups is 1. The summed E-state index contributed by atoms with van der Waals surface area (Å²) in [4.78, 5) is 15.0. The van der Waals surface area contributed by atoms with E-state index in [1.165, 1.54) is 20.3 Å². The lowest BCUT2D eigenvalue weighted by molar-refractivity contribution is 0.111. The number of aromatic nitrogens is 2. The minimum Gasteiger partial charge on any atom is -0.294 e. The molecule has 0 spiro atoms. The van der Waals surface area contributed by atoms with Crippen molar-refractivity contribution in [3.05, 3.63) is 17.7 Å². The molecular formula is C11H19N3O3S. The van der Waals surface area contributed by atoms with Crippen molar-refractivity contribution in [3.63, 3.8) is 0 Å². The molecule has 0 aliphatic rings. The Morgan fingerprint density at radius 1 is 1.39 bits per heavy atom. The van der Waals surface area contributed by atoms with Gasteiger partial charge < -0.3 is 0 Å². The van der Waals surface area contributed by atoms with Crippen molar-refractivity contribution < 1.29 is 13.2 Å². The second-order valence-corrected chi connectivity index (χ2v) is 7.55. The first-order valence-corrected chi connectivity index (χ1v) is 6.94. The Kier molecular flexibility index (Phi) is 3.97. The zero-order valence-electron chi connectivity index (χ0n) is 11.3. The third kappa shape index (κ3) is 3.17. The Bertz CT molecular complexity index is 538. The van der Waals surface area contributed by atoms with E-state index >= 15 is 0 Å². The zero-order valence-corrected chi connectivity index (χ0v) is 12.2. The van der Waals surface area contributed by atoms with Crippen molar-refractivity contribution in [1.29, 1.82) is 0 Å². The van der Waals surface area contributed by atoms with E-state index in [-0.39, 0.29) is 11.2 Å². The average molecular weight is 273 g/mol. The number of hydrogen-bond donors (Lipinski definition) is 0. The summed E-state index contributed by atoms with van der Waals surface area (Å²) in [6.45, 7) is 6.06. The second kappa shape index (κ2) is 4.81. The number of imidazole rings is 1. The number of carbonyl (C=O) groups excluding carboxylic acids is 1. The first kappa shape index (κ1) is 14.8. The summed E-state index contributed by atoms with van der Waals surface area (Å²) >= 11 is 0. The third-order valence-electron chi connectivity index (χ3n) is 2.28. The van der Waals surface area contributed by atoms with Crippen LogP contribution >= 0.6 is 0 Å². The Morgan fingerprint density at radius 2 is 1.94 bits per heavy atom. The molecule has 18 heavy (non-hydrogen) atoms. The van der Waals surface area contributed by atoms with E-state index in [2.05, 4.69) is 4.98 Å². The quantitative estimate of drug-likeness (QED) is 0.765. The Balaban J connectivity index is 3.27. The molecule has 1 heterocycles. The van der Waals surface area contributed by atoms with Crippen LogP contribution in [0, 0.1) is 5.41 Å². The molecule has 0 unspecified atom stereocenters. The van der Waals surface area contributed by atoms with E-state index in [9.17, 15) is 13.2 Å². The summed E-state index contributed by atoms with van der Waals surface area (Å²) in [5, 5.41) is 0. The van der Waals surface area contributed by atoms with Crippen LogP contribution in [0.3, 0.4) is 0 Å². The fraction of sp³-hybridized carbons (Fsp3) is 0.636. The fourth-order valence-electron chi connectivity index (χ4n) is 1.49. The van der Waals surface area contributed by atoms with Gasteiger partial charge in [-0.15, -0.1) is 0 Å². The molecule has 6 nitrogen and oxygen atoms in total. The van der Waals surface area contributed by atoms with Gasteiger partial charge in [-0.25, -0.2) is 8.96 Å². The van der Waals surface area contributed by atoms with Crippen LogP contribution < -0.4 is 0 Å². The Hall–Kier alpha value is -1.21. The van der Waals surface area contributed by atoms with E-state index in [4.69, 9.17) is 0 Å². The number of hydrogen-bond acceptors (Lipinski definition) is 4. The van der Waals surface area contributed by atoms with Crippen molar-refractivity contribution in [2.75, 3.05) is 14.1 Å². The van der Waals surface area contributed by atoms with E-state index < -0.39 is 10.2 Å². The maximum absolute atomic E-state index is 12.0. The van der Waals surface area contributed by atoms with Crippen molar-refractivity contribution in [1.82, 2.24) is 13.3 Å². The van der Waals surface area contributed by atoms with Crippen LogP contribution in [0.4, 0.5) is 0 Å². The van der Waals surface area contributed by atoms with Crippen LogP contribution in [-0.2, 0) is 16.6 Å². The monoisotopic (exact) mass is 273 g/mol. The first-order chi connectivity index (χ1) is 8.08. The van der Waals surface area contributed by atoms with Crippen molar-refractivity contribution in [2.24, 2.45) is 5.41 Å². The molecule has 0 N–H and O–H groups in total. The van der Waals surface area contributed by atoms with Crippen molar-refractivity contribution in [3.8, 4) is 0 Å². The lowest BCUT2D eigenvalue weighted by Crippen LogP contribution is -2.29. The van der Waals surface area contributed by atoms with E-state index in [0.717, 1.165) is 8.28 Å². The molecule has 102 valence electrons. The largest absolute Gasteiger partial charge is 0.308 e. The number of aldehydes is 1. The maximum atomic E-state index is 12.0. The van der Waals surface area contributed by atoms with Crippen LogP contribution in [-0.4, -0.2) is 42.1 Å². The molecule has 0 aromatic carbocycles. The van der Waals surface area contributed by atoms with Gasteiger partial charge in [-0.3, -0.25) is 4.79 Å². The standard InChI is InChI=1S/C11H19N3O3S/c1-11(2,3)6-9-7-14(10(8-15)12-9)18(16,17)13(4)5/h7-8H,6H2,1-5H3. The number of nitrogens with zero attached hydrogens (tertiary/aromatic N) is 3. The number of rotatable bonds is 4. The first-order valence-electron chi connectivity index (χ1n) is 5.54. The van der Waals surface area contributed by atoms with Gasteiger partial charge >= 0.3 is 10.2 Å². The lowest BCUT2D eigenvalue weighted by Gasteiger charge is -2.15. The Morgan fingerprint density at radius 3 is 2.33 bits per heavy atom. The molecule has 0 aliphatic heterocycles. The van der Waals surface area contributed by atoms with E-state index in [1.807, 2.05) is 20.8 Å². The Labute approximate surface area is 108 Å². The molecule has 1 aromatic heterocycles. The molecule has 0 fully saturated rings. The molecule has 0 radical (unpaired) electrons. The van der Waals surface area contributed by atoms with Crippen LogP contribution in [0.1, 0.15) is 37.1 Å². The van der Waals surface area contributed by atoms with Crippen LogP contribution in [0.25, 0.3) is 0 Å². The zero-order chi connectivity index (χ0) is 14.1. The summed E-state index contributed by atoms with van der Waals surface area (Å²) in [6.07, 6.45) is 2.46. The molecule has 0 saturated carbocycles. The molecule has 7 heteroatoms. The summed E-state index contributed by atoms with van der Waals surface area (Å²) < 4.78 is 25.9. The molecule has 1 aromatic rings. The van der Waals surface area contributed by atoms with E-state index in [0.29, 0.717) is 18.4 Å². The smallest absolute Gasteiger partial charge is 0.294 e. The average Bonchev–Trinajstić information content (AvgIpc) is 2.58. The van der Waals surface area contributed by atoms with Gasteiger partial charge in [-0.2, -0.15) is 12.7 Å². The third-order valence-corrected chi connectivity index (χ3v) is 3.99. The molecule has 0 aliphatic carbocycles. The predicted octanol–water partition coefficient (Wildman–Crippen LogP) is 0.939. The fourth-order valence-corrected chi connectivity index (χ4v) is 2.42. The SMILES string of the molecule is CN(C)S(=O)(=O)n1cc(CC(C)(C)C)nc1C=O. The molecular weight excluding hydrogens is 254 g/mol. The highest BCUT2D eigenvalue weighted by Crippen LogP contribution is 2.20. The molecule has 0 bridgehead atoms. The van der Waals surface area contributed by atoms with Gasteiger partial charge in [0.2, 0.25) is 0 Å². The van der Waals surface area contributed by atoms with Crippen LogP contribution in [0.15, 0.2) is 6.20 Å². The summed E-state index contributed by atoms with van der Waals surface area (Å²) in [5.74, 6) is -0.0945. The normalized spacial score (nSPS) is 13.0. The van der Waals surface area contributed by atoms with Gasteiger partial charge in [0.1, 0.15) is 0 Å². The van der Waals surface area contributed by atoms with Gasteiger partial charge in [-0.05, 0) is 11.8 Å². The highest BCUT2D eigenvalue weighted by molar-refractivity contribution is 7.87.